The summed E-state index contributed by atoms with van der Waals surface area (Å²) in [5.41, 5.74) is 3.41. The van der Waals surface area contributed by atoms with Crippen molar-refractivity contribution in [3.05, 3.63) is 59.3 Å². The Labute approximate surface area is 224 Å². The SMILES string of the molecule is Cc1cncc2c1c(C[C@@H]1CCCN(C(=O)OC(C)(C)C)C1)cn2-c1ccc(F)cc1C(=O)N(C)C(C)C. The first kappa shape index (κ1) is 27.6. The highest BCUT2D eigenvalue weighted by Gasteiger charge is 2.29. The average molecular weight is 523 g/mol. The van der Waals surface area contributed by atoms with Crippen LogP contribution in [0.25, 0.3) is 16.6 Å². The predicted octanol–water partition coefficient (Wildman–Crippen LogP) is 6.14. The summed E-state index contributed by atoms with van der Waals surface area (Å²) < 4.78 is 21.9. The molecule has 0 unspecified atom stereocenters. The topological polar surface area (TPSA) is 67.7 Å². The van der Waals surface area contributed by atoms with Crippen LogP contribution in [0.3, 0.4) is 0 Å². The van der Waals surface area contributed by atoms with Crippen LogP contribution in [0.15, 0.2) is 36.8 Å². The van der Waals surface area contributed by atoms with Gasteiger partial charge in [0.2, 0.25) is 0 Å². The molecule has 7 nitrogen and oxygen atoms in total. The number of hydrogen-bond donors (Lipinski definition) is 0. The highest BCUT2D eigenvalue weighted by molar-refractivity contribution is 5.99. The third kappa shape index (κ3) is 5.84. The van der Waals surface area contributed by atoms with Crippen LogP contribution in [0.1, 0.15) is 68.9 Å². The lowest BCUT2D eigenvalue weighted by atomic mass is 9.91. The molecule has 38 heavy (non-hydrogen) atoms. The van der Waals surface area contributed by atoms with Gasteiger partial charge in [-0.05, 0) is 96.0 Å². The fraction of sp³-hybridized carbons (Fsp3) is 0.500. The molecule has 0 saturated carbocycles. The zero-order valence-corrected chi connectivity index (χ0v) is 23.5. The molecule has 0 spiro atoms. The van der Waals surface area contributed by atoms with Gasteiger partial charge in [-0.25, -0.2) is 9.18 Å². The lowest BCUT2D eigenvalue weighted by Crippen LogP contribution is -2.43. The van der Waals surface area contributed by atoms with Crippen molar-refractivity contribution in [2.24, 2.45) is 5.92 Å². The Kier molecular flexibility index (Phi) is 7.81. The first-order valence-corrected chi connectivity index (χ1v) is 13.3. The summed E-state index contributed by atoms with van der Waals surface area (Å²) in [4.78, 5) is 33.9. The number of fused-ring (bicyclic) bond motifs is 1. The maximum absolute atomic E-state index is 14.4. The van der Waals surface area contributed by atoms with Crippen molar-refractivity contribution in [2.75, 3.05) is 20.1 Å². The zero-order valence-electron chi connectivity index (χ0n) is 23.5. The van der Waals surface area contributed by atoms with Crippen LogP contribution in [-0.4, -0.2) is 63.1 Å². The Hall–Kier alpha value is -3.42. The van der Waals surface area contributed by atoms with E-state index in [4.69, 9.17) is 4.74 Å². The molecule has 8 heteroatoms. The minimum Gasteiger partial charge on any atom is -0.444 e. The smallest absolute Gasteiger partial charge is 0.410 e. The molecule has 0 aliphatic carbocycles. The van der Waals surface area contributed by atoms with Crippen LogP contribution in [0.4, 0.5) is 9.18 Å². The van der Waals surface area contributed by atoms with Gasteiger partial charge < -0.3 is 19.1 Å². The van der Waals surface area contributed by atoms with Crippen molar-refractivity contribution in [3.63, 3.8) is 0 Å². The van der Waals surface area contributed by atoms with Gasteiger partial charge in [-0.3, -0.25) is 9.78 Å². The van der Waals surface area contributed by atoms with Gasteiger partial charge in [-0.2, -0.15) is 0 Å². The van der Waals surface area contributed by atoms with Crippen molar-refractivity contribution in [2.45, 2.75) is 72.4 Å². The largest absolute Gasteiger partial charge is 0.444 e. The number of rotatable bonds is 5. The number of pyridine rings is 1. The Bertz CT molecular complexity index is 1340. The first-order valence-electron chi connectivity index (χ1n) is 13.3. The standard InChI is InChI=1S/C30H39FN4O3/c1-19(2)33(7)28(36)24-14-23(31)10-11-25(24)35-18-22(27-20(3)15-32-16-26(27)35)13-21-9-8-12-34(17-21)29(37)38-30(4,5)6/h10-11,14-16,18-19,21H,8-9,12-13,17H2,1-7H3/t21-/m0/s1. The van der Waals surface area contributed by atoms with E-state index in [2.05, 4.69) is 4.98 Å². The van der Waals surface area contributed by atoms with Gasteiger partial charge in [0.05, 0.1) is 23.0 Å². The van der Waals surface area contributed by atoms with Crippen molar-refractivity contribution in [1.82, 2.24) is 19.4 Å². The third-order valence-corrected chi connectivity index (χ3v) is 7.20. The number of amides is 2. The molecule has 1 atom stereocenters. The van der Waals surface area contributed by atoms with Gasteiger partial charge in [0.25, 0.3) is 5.91 Å². The number of nitrogens with zero attached hydrogens (tertiary/aromatic N) is 4. The van der Waals surface area contributed by atoms with Crippen LogP contribution in [0.5, 0.6) is 0 Å². The fourth-order valence-electron chi connectivity index (χ4n) is 5.14. The van der Waals surface area contributed by atoms with E-state index in [9.17, 15) is 14.0 Å². The number of piperidine rings is 1. The minimum absolute atomic E-state index is 0.0290. The van der Waals surface area contributed by atoms with Gasteiger partial charge in [0.1, 0.15) is 11.4 Å². The number of benzene rings is 1. The Morgan fingerprint density at radius 1 is 1.24 bits per heavy atom. The molecule has 1 aromatic carbocycles. The lowest BCUT2D eigenvalue weighted by Gasteiger charge is -2.34. The van der Waals surface area contributed by atoms with Gasteiger partial charge in [-0.15, -0.1) is 0 Å². The average Bonchev–Trinajstić information content (AvgIpc) is 3.21. The monoisotopic (exact) mass is 522 g/mol. The molecule has 1 fully saturated rings. The van der Waals surface area contributed by atoms with Crippen molar-refractivity contribution < 1.29 is 18.7 Å². The summed E-state index contributed by atoms with van der Waals surface area (Å²) in [5.74, 6) is -0.423. The molecule has 3 heterocycles. The second kappa shape index (κ2) is 10.8. The fourth-order valence-corrected chi connectivity index (χ4v) is 5.14. The van der Waals surface area contributed by atoms with Crippen LogP contribution >= 0.6 is 0 Å². The molecular formula is C30H39FN4O3. The van der Waals surface area contributed by atoms with E-state index >= 15 is 0 Å². The molecule has 204 valence electrons. The molecule has 2 aromatic heterocycles. The van der Waals surface area contributed by atoms with Gasteiger partial charge >= 0.3 is 6.09 Å². The third-order valence-electron chi connectivity index (χ3n) is 7.20. The van der Waals surface area contributed by atoms with E-state index < -0.39 is 11.4 Å². The summed E-state index contributed by atoms with van der Waals surface area (Å²) in [6.07, 6.45) is 8.11. The van der Waals surface area contributed by atoms with Crippen molar-refractivity contribution >= 4 is 22.9 Å². The molecule has 2 amide bonds. The quantitative estimate of drug-likeness (QED) is 0.404. The Balaban J connectivity index is 1.72. The molecule has 0 N–H and O–H groups in total. The van der Waals surface area contributed by atoms with Crippen molar-refractivity contribution in [3.8, 4) is 5.69 Å². The second-order valence-electron chi connectivity index (χ2n) is 11.7. The summed E-state index contributed by atoms with van der Waals surface area (Å²) in [5, 5.41) is 1.08. The van der Waals surface area contributed by atoms with E-state index in [0.717, 1.165) is 41.3 Å². The molecular weight excluding hydrogens is 483 g/mol. The van der Waals surface area contributed by atoms with E-state index in [-0.39, 0.29) is 24.0 Å². The summed E-state index contributed by atoms with van der Waals surface area (Å²) >= 11 is 0. The normalized spacial score (nSPS) is 16.2. The minimum atomic E-state index is -0.532. The molecule has 0 bridgehead atoms. The summed E-state index contributed by atoms with van der Waals surface area (Å²) in [6.45, 7) is 12.9. The molecule has 3 aromatic rings. The highest BCUT2D eigenvalue weighted by atomic mass is 19.1. The Morgan fingerprint density at radius 3 is 2.66 bits per heavy atom. The van der Waals surface area contributed by atoms with Gasteiger partial charge in [0, 0.05) is 44.0 Å². The zero-order chi connectivity index (χ0) is 27.8. The number of aromatic nitrogens is 2. The number of carbonyl (C=O) groups excluding carboxylic acids is 2. The van der Waals surface area contributed by atoms with Crippen LogP contribution < -0.4 is 0 Å². The number of carbonyl (C=O) groups is 2. The predicted molar refractivity (Wildman–Crippen MR) is 147 cm³/mol. The second-order valence-corrected chi connectivity index (χ2v) is 11.7. The Morgan fingerprint density at radius 2 is 1.97 bits per heavy atom. The molecule has 0 radical (unpaired) electrons. The molecule has 1 aliphatic heterocycles. The van der Waals surface area contributed by atoms with Crippen LogP contribution in [-0.2, 0) is 11.2 Å². The summed E-state index contributed by atoms with van der Waals surface area (Å²) in [7, 11) is 1.73. The van der Waals surface area contributed by atoms with E-state index in [1.807, 2.05) is 63.4 Å². The molecule has 1 aliphatic rings. The van der Waals surface area contributed by atoms with Crippen molar-refractivity contribution in [1.29, 1.82) is 0 Å². The maximum atomic E-state index is 14.4. The lowest BCUT2D eigenvalue weighted by molar-refractivity contribution is 0.0166. The molecule has 1 saturated heterocycles. The number of ether oxygens (including phenoxy) is 1. The van der Waals surface area contributed by atoms with Crippen LogP contribution in [0, 0.1) is 18.7 Å². The molecule has 4 rings (SSSR count). The number of likely N-dealkylation sites (tertiary alicyclic amines) is 1. The first-order chi connectivity index (χ1) is 17.9. The maximum Gasteiger partial charge on any atom is 0.410 e. The number of hydrogen-bond acceptors (Lipinski definition) is 4. The summed E-state index contributed by atoms with van der Waals surface area (Å²) in [6, 6.07) is 4.33. The van der Waals surface area contributed by atoms with Gasteiger partial charge in [0.15, 0.2) is 0 Å². The highest BCUT2D eigenvalue weighted by Crippen LogP contribution is 2.32. The van der Waals surface area contributed by atoms with Gasteiger partial charge in [-0.1, -0.05) is 0 Å². The van der Waals surface area contributed by atoms with E-state index in [1.165, 1.54) is 12.1 Å². The van der Waals surface area contributed by atoms with Crippen LogP contribution in [0.2, 0.25) is 0 Å². The number of halogens is 1. The number of aryl methyl sites for hydroxylation is 1. The van der Waals surface area contributed by atoms with E-state index in [0.29, 0.717) is 24.3 Å². The van der Waals surface area contributed by atoms with E-state index in [1.54, 1.807) is 24.2 Å².